The number of hydrogen-bond donors (Lipinski definition) is 1. The summed E-state index contributed by atoms with van der Waals surface area (Å²) in [6.45, 7) is 40.7. The van der Waals surface area contributed by atoms with E-state index < -0.39 is 5.97 Å². The van der Waals surface area contributed by atoms with Crippen LogP contribution in [0.2, 0.25) is 0 Å². The third-order valence-corrected chi connectivity index (χ3v) is 0.682. The summed E-state index contributed by atoms with van der Waals surface area (Å²) in [5.74, 6) is -0.725. The van der Waals surface area contributed by atoms with Gasteiger partial charge in [-0.2, -0.15) is 0 Å². The summed E-state index contributed by atoms with van der Waals surface area (Å²) < 4.78 is 0. The van der Waals surface area contributed by atoms with Crippen LogP contribution in [0.25, 0.3) is 0 Å². The van der Waals surface area contributed by atoms with E-state index in [1.807, 2.05) is 20.8 Å². The molecule has 2 nitrogen and oxygen atoms in total. The fourth-order valence-corrected chi connectivity index (χ4v) is 0.454. The van der Waals surface area contributed by atoms with E-state index in [9.17, 15) is 4.79 Å². The van der Waals surface area contributed by atoms with Gasteiger partial charge in [0.15, 0.2) is 0 Å². The van der Waals surface area contributed by atoms with Gasteiger partial charge in [0.05, 0.1) is 6.42 Å². The summed E-state index contributed by atoms with van der Waals surface area (Å²) in [6, 6.07) is 0. The molecule has 0 aromatic rings. The lowest BCUT2D eigenvalue weighted by atomic mass is 9.93. The average Bonchev–Trinajstić information content (AvgIpc) is 1.97. The van der Waals surface area contributed by atoms with E-state index in [-0.39, 0.29) is 11.8 Å². The molecule has 0 bridgehead atoms. The van der Waals surface area contributed by atoms with Gasteiger partial charge in [0.25, 0.3) is 0 Å². The van der Waals surface area contributed by atoms with Crippen molar-refractivity contribution in [3.63, 3.8) is 0 Å². The molecule has 0 saturated carbocycles. The standard InChI is InChI=1S/C6H12O2.4C5H12/c1-6(2,3)4-5(7)8;4*1-5(2,3)4/h4H2,1-3H3,(H,7,8);4*1-4H3. The second-order valence-corrected chi connectivity index (χ2v) is 15.1. The number of carboxylic acid groups (broad SMARTS) is 1. The van der Waals surface area contributed by atoms with Gasteiger partial charge in [0, 0.05) is 0 Å². The highest BCUT2D eigenvalue weighted by atomic mass is 16.4. The normalized spacial score (nSPS) is 11.8. The maximum Gasteiger partial charge on any atom is 0.303 e. The first-order valence-corrected chi connectivity index (χ1v) is 10.6. The predicted molar refractivity (Wildman–Crippen MR) is 132 cm³/mol. The summed E-state index contributed by atoms with van der Waals surface area (Å²) in [5.41, 5.74) is 1.92. The highest BCUT2D eigenvalue weighted by Crippen LogP contribution is 2.17. The first-order chi connectivity index (χ1) is 11.4. The van der Waals surface area contributed by atoms with Crippen molar-refractivity contribution in [1.82, 2.24) is 0 Å². The molecule has 0 fully saturated rings. The molecule has 0 amide bonds. The van der Waals surface area contributed by atoms with E-state index in [0.29, 0.717) is 21.7 Å². The van der Waals surface area contributed by atoms with Crippen LogP contribution in [-0.2, 0) is 4.79 Å². The molecular formula is C26H60O2. The lowest BCUT2D eigenvalue weighted by Crippen LogP contribution is -2.11. The molecule has 0 rings (SSSR count). The highest BCUT2D eigenvalue weighted by molar-refractivity contribution is 5.67. The Bertz CT molecular complexity index is 272. The molecule has 0 aliphatic rings. The van der Waals surface area contributed by atoms with E-state index in [1.54, 1.807) is 0 Å². The summed E-state index contributed by atoms with van der Waals surface area (Å²) in [4.78, 5) is 10.0. The van der Waals surface area contributed by atoms with Crippen molar-refractivity contribution < 1.29 is 9.90 Å². The van der Waals surface area contributed by atoms with Crippen LogP contribution < -0.4 is 0 Å². The van der Waals surface area contributed by atoms with Crippen molar-refractivity contribution in [3.8, 4) is 0 Å². The van der Waals surface area contributed by atoms with Gasteiger partial charge in [-0.1, -0.05) is 132 Å². The third kappa shape index (κ3) is 763. The van der Waals surface area contributed by atoms with Gasteiger partial charge in [0.2, 0.25) is 0 Å². The Morgan fingerprint density at radius 1 is 0.464 bits per heavy atom. The molecule has 0 aliphatic carbocycles. The highest BCUT2D eigenvalue weighted by Gasteiger charge is 2.13. The first kappa shape index (κ1) is 38.1. The van der Waals surface area contributed by atoms with Gasteiger partial charge >= 0.3 is 5.97 Å². The zero-order chi connectivity index (χ0) is 24.8. The maximum absolute atomic E-state index is 10.0. The summed E-state index contributed by atoms with van der Waals surface area (Å²) in [5, 5.41) is 8.25. The van der Waals surface area contributed by atoms with Gasteiger partial charge < -0.3 is 5.11 Å². The summed E-state index contributed by atoms with van der Waals surface area (Å²) >= 11 is 0. The van der Waals surface area contributed by atoms with Crippen molar-refractivity contribution in [1.29, 1.82) is 0 Å². The molecular weight excluding hydrogens is 344 g/mol. The average molecular weight is 405 g/mol. The SMILES string of the molecule is CC(C)(C)C.CC(C)(C)C.CC(C)(C)C.CC(C)(C)C.CC(C)(C)CC(=O)O. The van der Waals surface area contributed by atoms with Crippen LogP contribution in [0.3, 0.4) is 0 Å². The Balaban J connectivity index is -0.0000000802. The minimum absolute atomic E-state index is 0.0775. The topological polar surface area (TPSA) is 37.3 Å². The van der Waals surface area contributed by atoms with Gasteiger partial charge in [-0.15, -0.1) is 0 Å². The van der Waals surface area contributed by atoms with E-state index in [4.69, 9.17) is 5.11 Å². The van der Waals surface area contributed by atoms with Crippen LogP contribution in [0.5, 0.6) is 0 Å². The van der Waals surface area contributed by atoms with Gasteiger partial charge in [-0.25, -0.2) is 0 Å². The molecule has 0 spiro atoms. The summed E-state index contributed by atoms with van der Waals surface area (Å²) in [6.07, 6.45) is 0.243. The molecule has 176 valence electrons. The van der Waals surface area contributed by atoms with Crippen LogP contribution in [0.4, 0.5) is 0 Å². The number of carboxylic acids is 1. The Hall–Kier alpha value is -0.530. The van der Waals surface area contributed by atoms with Crippen molar-refractivity contribution in [2.45, 2.75) is 138 Å². The van der Waals surface area contributed by atoms with E-state index in [1.165, 1.54) is 0 Å². The van der Waals surface area contributed by atoms with Crippen molar-refractivity contribution in [3.05, 3.63) is 0 Å². The fourth-order valence-electron chi connectivity index (χ4n) is 0.454. The zero-order valence-corrected chi connectivity index (χ0v) is 23.6. The first-order valence-electron chi connectivity index (χ1n) is 10.6. The van der Waals surface area contributed by atoms with E-state index in [0.717, 1.165) is 0 Å². The minimum atomic E-state index is -0.725. The third-order valence-electron chi connectivity index (χ3n) is 0.682. The minimum Gasteiger partial charge on any atom is -0.481 e. The summed E-state index contributed by atoms with van der Waals surface area (Å²) in [7, 11) is 0. The quantitative estimate of drug-likeness (QED) is 0.472. The van der Waals surface area contributed by atoms with E-state index in [2.05, 4.69) is 111 Å². The molecule has 0 unspecified atom stereocenters. The van der Waals surface area contributed by atoms with Gasteiger partial charge in [-0.05, 0) is 27.1 Å². The molecule has 0 atom stereocenters. The number of rotatable bonds is 1. The van der Waals surface area contributed by atoms with Crippen molar-refractivity contribution >= 4 is 5.97 Å². The van der Waals surface area contributed by atoms with Crippen LogP contribution in [0, 0.1) is 27.1 Å². The Kier molecular flexibility index (Phi) is 20.9. The van der Waals surface area contributed by atoms with Crippen molar-refractivity contribution in [2.75, 3.05) is 0 Å². The Labute approximate surface area is 181 Å². The number of carbonyl (C=O) groups is 1. The number of aliphatic carboxylic acids is 1. The molecule has 1 N–H and O–H groups in total. The molecule has 0 heterocycles. The lowest BCUT2D eigenvalue weighted by Gasteiger charge is -2.13. The van der Waals surface area contributed by atoms with Crippen LogP contribution in [0.1, 0.15) is 138 Å². The Morgan fingerprint density at radius 2 is 0.571 bits per heavy atom. The second kappa shape index (κ2) is 15.3. The number of hydrogen-bond acceptors (Lipinski definition) is 1. The predicted octanol–water partition coefficient (Wildman–Crippen LogP) is 9.72. The molecule has 0 aromatic carbocycles. The molecule has 0 aliphatic heterocycles. The monoisotopic (exact) mass is 404 g/mol. The largest absolute Gasteiger partial charge is 0.481 e. The van der Waals surface area contributed by atoms with E-state index >= 15 is 0 Å². The molecule has 0 radical (unpaired) electrons. The Morgan fingerprint density at radius 3 is 0.571 bits per heavy atom. The van der Waals surface area contributed by atoms with Crippen LogP contribution in [0.15, 0.2) is 0 Å². The molecule has 2 heteroatoms. The molecule has 0 saturated heterocycles. The van der Waals surface area contributed by atoms with Crippen LogP contribution in [-0.4, -0.2) is 11.1 Å². The van der Waals surface area contributed by atoms with Gasteiger partial charge in [0.1, 0.15) is 0 Å². The van der Waals surface area contributed by atoms with Crippen molar-refractivity contribution in [2.24, 2.45) is 27.1 Å². The smallest absolute Gasteiger partial charge is 0.303 e. The lowest BCUT2D eigenvalue weighted by molar-refractivity contribution is -0.139. The maximum atomic E-state index is 10.0. The zero-order valence-electron chi connectivity index (χ0n) is 23.6. The molecule has 28 heavy (non-hydrogen) atoms. The van der Waals surface area contributed by atoms with Gasteiger partial charge in [-0.3, -0.25) is 4.79 Å². The second-order valence-electron chi connectivity index (χ2n) is 15.1. The molecule has 0 aromatic heterocycles. The van der Waals surface area contributed by atoms with Crippen LogP contribution >= 0.6 is 0 Å². The fraction of sp³-hybridized carbons (Fsp3) is 0.962.